The highest BCUT2D eigenvalue weighted by atomic mass is 32.2. The molecule has 11 heteroatoms. The molecule has 0 spiro atoms. The van der Waals surface area contributed by atoms with E-state index in [0.717, 1.165) is 9.87 Å². The lowest BCUT2D eigenvalue weighted by atomic mass is 9.98. The number of hydrogen-bond donors (Lipinski definition) is 0. The summed E-state index contributed by atoms with van der Waals surface area (Å²) in [4.78, 5) is 18.0. The summed E-state index contributed by atoms with van der Waals surface area (Å²) in [6.07, 6.45) is 3.48. The maximum atomic E-state index is 13.9. The highest BCUT2D eigenvalue weighted by Crippen LogP contribution is 2.34. The topological polar surface area (TPSA) is 101 Å². The maximum Gasteiger partial charge on any atom is 0.258 e. The third kappa shape index (κ3) is 5.97. The number of benzene rings is 3. The van der Waals surface area contributed by atoms with Gasteiger partial charge in [0.1, 0.15) is 11.6 Å². The highest BCUT2D eigenvalue weighted by Gasteiger charge is 2.36. The Labute approximate surface area is 237 Å². The van der Waals surface area contributed by atoms with Gasteiger partial charge in [-0.1, -0.05) is 24.3 Å². The van der Waals surface area contributed by atoms with E-state index in [1.54, 1.807) is 55.8 Å². The molecule has 0 radical (unpaired) electrons. The maximum absolute atomic E-state index is 13.9. The van der Waals surface area contributed by atoms with Crippen LogP contribution < -0.4 is 4.74 Å². The standard InChI is InChI=1S/C30H29FN4O5S/c1-39-17-16-34(41(37,38)29-5-3-4-23-19-32-15-14-26(23)29)20-30(36)35-28(22-6-10-24(31)11-7-22)18-27(33-35)21-8-12-25(40-2)13-9-21/h3-15,19,28H,16-18,20H2,1-2H3. The van der Waals surface area contributed by atoms with E-state index in [0.29, 0.717) is 34.2 Å². The average Bonchev–Trinajstić information content (AvgIpc) is 3.45. The second-order valence-corrected chi connectivity index (χ2v) is 11.4. The molecule has 0 saturated carbocycles. The van der Waals surface area contributed by atoms with E-state index in [2.05, 4.69) is 10.1 Å². The van der Waals surface area contributed by atoms with Crippen molar-refractivity contribution in [3.63, 3.8) is 0 Å². The Morgan fingerprint density at radius 2 is 1.80 bits per heavy atom. The average molecular weight is 577 g/mol. The molecule has 3 aromatic carbocycles. The van der Waals surface area contributed by atoms with Crippen LogP contribution in [0.4, 0.5) is 4.39 Å². The number of pyridine rings is 1. The lowest BCUT2D eigenvalue weighted by Crippen LogP contribution is -2.42. The second-order valence-electron chi connectivity index (χ2n) is 9.47. The molecule has 41 heavy (non-hydrogen) atoms. The Morgan fingerprint density at radius 1 is 1.05 bits per heavy atom. The van der Waals surface area contributed by atoms with Gasteiger partial charge >= 0.3 is 0 Å². The Balaban J connectivity index is 1.49. The summed E-state index contributed by atoms with van der Waals surface area (Å²) in [7, 11) is -1.08. The van der Waals surface area contributed by atoms with Crippen molar-refractivity contribution in [3.05, 3.63) is 102 Å². The van der Waals surface area contributed by atoms with E-state index in [4.69, 9.17) is 9.47 Å². The van der Waals surface area contributed by atoms with Crippen LogP contribution in [0.1, 0.15) is 23.6 Å². The third-order valence-corrected chi connectivity index (χ3v) is 8.86. The molecule has 1 amide bonds. The lowest BCUT2D eigenvalue weighted by Gasteiger charge is -2.27. The van der Waals surface area contributed by atoms with Crippen LogP contribution in [-0.4, -0.2) is 68.3 Å². The van der Waals surface area contributed by atoms with Crippen molar-refractivity contribution in [3.8, 4) is 5.75 Å². The number of aromatic nitrogens is 1. The van der Waals surface area contributed by atoms with Gasteiger partial charge < -0.3 is 9.47 Å². The first-order valence-corrected chi connectivity index (χ1v) is 14.4. The fraction of sp³-hybridized carbons (Fsp3) is 0.233. The summed E-state index contributed by atoms with van der Waals surface area (Å²) in [6.45, 7) is -0.430. The number of carbonyl (C=O) groups excluding carboxylic acids is 1. The minimum absolute atomic E-state index is 0.0455. The van der Waals surface area contributed by atoms with Crippen molar-refractivity contribution in [2.45, 2.75) is 17.4 Å². The molecule has 1 unspecified atom stereocenters. The van der Waals surface area contributed by atoms with Crippen molar-refractivity contribution in [2.24, 2.45) is 5.10 Å². The predicted octanol–water partition coefficient (Wildman–Crippen LogP) is 4.40. The van der Waals surface area contributed by atoms with Gasteiger partial charge in [0.25, 0.3) is 5.91 Å². The first-order chi connectivity index (χ1) is 19.8. The monoisotopic (exact) mass is 576 g/mol. The molecular weight excluding hydrogens is 547 g/mol. The molecule has 212 valence electrons. The summed E-state index contributed by atoms with van der Waals surface area (Å²) in [6, 6.07) is 19.2. The summed E-state index contributed by atoms with van der Waals surface area (Å²) in [5.74, 6) is -0.244. The number of carbonyl (C=O) groups is 1. The summed E-state index contributed by atoms with van der Waals surface area (Å²) < 4.78 is 53.1. The summed E-state index contributed by atoms with van der Waals surface area (Å²) >= 11 is 0. The van der Waals surface area contributed by atoms with Crippen molar-refractivity contribution in [1.82, 2.24) is 14.3 Å². The van der Waals surface area contributed by atoms with Gasteiger partial charge in [0, 0.05) is 43.2 Å². The number of hydrazone groups is 1. The molecule has 0 N–H and O–H groups in total. The molecule has 0 bridgehead atoms. The second kappa shape index (κ2) is 12.1. The number of amides is 1. The van der Waals surface area contributed by atoms with E-state index in [9.17, 15) is 17.6 Å². The molecule has 4 aromatic rings. The zero-order valence-corrected chi connectivity index (χ0v) is 23.4. The fourth-order valence-electron chi connectivity index (χ4n) is 4.80. The molecule has 0 saturated heterocycles. The SMILES string of the molecule is COCCN(CC(=O)N1N=C(c2ccc(OC)cc2)CC1c1ccc(F)cc1)S(=O)(=O)c1cccc2cnccc12. The van der Waals surface area contributed by atoms with E-state index >= 15 is 0 Å². The van der Waals surface area contributed by atoms with Gasteiger partial charge in [-0.25, -0.2) is 17.8 Å². The number of sulfonamides is 1. The molecule has 9 nitrogen and oxygen atoms in total. The number of fused-ring (bicyclic) bond motifs is 1. The van der Waals surface area contributed by atoms with E-state index in [1.807, 2.05) is 12.1 Å². The highest BCUT2D eigenvalue weighted by molar-refractivity contribution is 7.89. The molecule has 5 rings (SSSR count). The minimum atomic E-state index is -4.12. The van der Waals surface area contributed by atoms with Crippen LogP contribution in [-0.2, 0) is 19.6 Å². The van der Waals surface area contributed by atoms with E-state index in [1.165, 1.54) is 36.5 Å². The number of methoxy groups -OCH3 is 2. The van der Waals surface area contributed by atoms with Gasteiger partial charge in [-0.2, -0.15) is 9.41 Å². The van der Waals surface area contributed by atoms with Crippen molar-refractivity contribution in [2.75, 3.05) is 33.9 Å². The van der Waals surface area contributed by atoms with E-state index < -0.39 is 34.3 Å². The fourth-order valence-corrected chi connectivity index (χ4v) is 6.39. The van der Waals surface area contributed by atoms with E-state index in [-0.39, 0.29) is 18.0 Å². The molecule has 1 aliphatic heterocycles. The Kier molecular flexibility index (Phi) is 8.39. The Hall–Kier alpha value is -4.19. The zero-order chi connectivity index (χ0) is 29.0. The van der Waals surface area contributed by atoms with Gasteiger partial charge in [0.15, 0.2) is 0 Å². The van der Waals surface area contributed by atoms with Crippen LogP contribution in [0.25, 0.3) is 10.8 Å². The predicted molar refractivity (Wildman–Crippen MR) is 153 cm³/mol. The number of rotatable bonds is 10. The quantitative estimate of drug-likeness (QED) is 0.278. The smallest absolute Gasteiger partial charge is 0.258 e. The molecule has 1 aromatic heterocycles. The van der Waals surface area contributed by atoms with Crippen molar-refractivity contribution < 1.29 is 27.1 Å². The molecule has 2 heterocycles. The largest absolute Gasteiger partial charge is 0.497 e. The third-order valence-electron chi connectivity index (χ3n) is 6.96. The first-order valence-electron chi connectivity index (χ1n) is 12.9. The number of hydrogen-bond acceptors (Lipinski definition) is 7. The molecule has 0 aliphatic carbocycles. The Bertz CT molecular complexity index is 1670. The lowest BCUT2D eigenvalue weighted by molar-refractivity contribution is -0.133. The Morgan fingerprint density at radius 3 is 2.51 bits per heavy atom. The number of halogens is 1. The first kappa shape index (κ1) is 28.3. The zero-order valence-electron chi connectivity index (χ0n) is 22.6. The molecule has 0 fully saturated rings. The van der Waals surface area contributed by atoms with Crippen LogP contribution >= 0.6 is 0 Å². The van der Waals surface area contributed by atoms with Gasteiger partial charge in [0.05, 0.1) is 36.9 Å². The normalized spacial score (nSPS) is 15.4. The molecule has 1 atom stereocenters. The van der Waals surface area contributed by atoms with Gasteiger partial charge in [-0.15, -0.1) is 0 Å². The van der Waals surface area contributed by atoms with Crippen molar-refractivity contribution in [1.29, 1.82) is 0 Å². The van der Waals surface area contributed by atoms with Crippen LogP contribution in [0, 0.1) is 5.82 Å². The van der Waals surface area contributed by atoms with Gasteiger partial charge in [-0.05, 0) is 59.7 Å². The van der Waals surface area contributed by atoms with Gasteiger partial charge in [-0.3, -0.25) is 9.78 Å². The minimum Gasteiger partial charge on any atom is -0.497 e. The van der Waals surface area contributed by atoms with Crippen LogP contribution in [0.5, 0.6) is 5.75 Å². The number of nitrogens with zero attached hydrogens (tertiary/aromatic N) is 4. The van der Waals surface area contributed by atoms with Crippen LogP contribution in [0.3, 0.4) is 0 Å². The van der Waals surface area contributed by atoms with Gasteiger partial charge in [0.2, 0.25) is 10.0 Å². The van der Waals surface area contributed by atoms with Crippen molar-refractivity contribution >= 4 is 32.4 Å². The summed E-state index contributed by atoms with van der Waals surface area (Å²) in [5, 5.41) is 7.10. The number of ether oxygens (including phenoxy) is 2. The molecular formula is C30H29FN4O5S. The van der Waals surface area contributed by atoms with Crippen LogP contribution in [0.15, 0.2) is 95.2 Å². The summed E-state index contributed by atoms with van der Waals surface area (Å²) in [5.41, 5.74) is 2.12. The van der Waals surface area contributed by atoms with Crippen LogP contribution in [0.2, 0.25) is 0 Å². The molecule has 1 aliphatic rings.